The molecule has 2 atom stereocenters. The highest BCUT2D eigenvalue weighted by Gasteiger charge is 2.47. The number of halogens is 1. The molecule has 2 unspecified atom stereocenters. The third-order valence-corrected chi connectivity index (χ3v) is 8.02. The smallest absolute Gasteiger partial charge is 0.123 e. The largest absolute Gasteiger partial charge is 0.387 e. The minimum absolute atomic E-state index is 0.295. The van der Waals surface area contributed by atoms with E-state index in [1.54, 1.807) is 28.8 Å². The molecular weight excluding hydrogens is 485 g/mol. The third kappa shape index (κ3) is 5.18. The summed E-state index contributed by atoms with van der Waals surface area (Å²) in [6, 6.07) is 20.0. The van der Waals surface area contributed by atoms with Crippen LogP contribution in [0.5, 0.6) is 0 Å². The Morgan fingerprint density at radius 2 is 1.92 bits per heavy atom. The average molecular weight is 516 g/mol. The van der Waals surface area contributed by atoms with E-state index < -0.39 is 11.5 Å². The lowest BCUT2D eigenvalue weighted by atomic mass is 9.70. The fourth-order valence-electron chi connectivity index (χ4n) is 5.19. The minimum atomic E-state index is -0.721. The number of anilines is 2. The van der Waals surface area contributed by atoms with E-state index in [9.17, 15) is 9.50 Å². The molecule has 2 heterocycles. The molecule has 3 N–H and O–H groups in total. The SMILES string of the molecule is Cc1cc(Nc2ccc(F)cc2)c(C=N)cc1C1(C(O)c2ccccc2)CCN(Sc2cnn(C)c2)C1. The van der Waals surface area contributed by atoms with Gasteiger partial charge in [-0.15, -0.1) is 0 Å². The molecule has 5 rings (SSSR count). The summed E-state index contributed by atoms with van der Waals surface area (Å²) in [5.74, 6) is -0.295. The van der Waals surface area contributed by atoms with Gasteiger partial charge < -0.3 is 15.8 Å². The van der Waals surface area contributed by atoms with Crippen molar-refractivity contribution in [2.75, 3.05) is 18.4 Å². The highest BCUT2D eigenvalue weighted by atomic mass is 32.2. The van der Waals surface area contributed by atoms with Crippen LogP contribution in [0.15, 0.2) is 84.0 Å². The summed E-state index contributed by atoms with van der Waals surface area (Å²) in [7, 11) is 1.90. The van der Waals surface area contributed by atoms with Crippen molar-refractivity contribution in [3.63, 3.8) is 0 Å². The molecule has 0 saturated carbocycles. The fraction of sp³-hybridized carbons (Fsp3) is 0.241. The van der Waals surface area contributed by atoms with Gasteiger partial charge in [-0.2, -0.15) is 5.10 Å². The lowest BCUT2D eigenvalue weighted by Gasteiger charge is -2.37. The van der Waals surface area contributed by atoms with Crippen LogP contribution in [0.25, 0.3) is 0 Å². The number of aliphatic hydroxyl groups is 1. The van der Waals surface area contributed by atoms with Crippen LogP contribution >= 0.6 is 11.9 Å². The standard InChI is InChI=1S/C29H30FN5OS/c1-20-14-27(33-24-10-8-23(30)9-11-24)22(16-31)15-26(20)29(28(36)21-6-4-3-5-7-21)12-13-35(19-29)37-25-17-32-34(2)18-25/h3-11,14-18,28,31,33,36H,12-13,19H2,1-2H3. The van der Waals surface area contributed by atoms with Gasteiger partial charge in [0.2, 0.25) is 0 Å². The number of nitrogens with zero attached hydrogens (tertiary/aromatic N) is 3. The number of hydrogen-bond donors (Lipinski definition) is 3. The summed E-state index contributed by atoms with van der Waals surface area (Å²) in [4.78, 5) is 1.06. The molecule has 1 saturated heterocycles. The van der Waals surface area contributed by atoms with Crippen LogP contribution in [-0.4, -0.2) is 38.5 Å². The van der Waals surface area contributed by atoms with Gasteiger partial charge >= 0.3 is 0 Å². The summed E-state index contributed by atoms with van der Waals surface area (Å²) in [6.07, 6.45) is 5.22. The zero-order valence-electron chi connectivity index (χ0n) is 20.9. The van der Waals surface area contributed by atoms with Gasteiger partial charge in [0.25, 0.3) is 0 Å². The Morgan fingerprint density at radius 1 is 1.16 bits per heavy atom. The van der Waals surface area contributed by atoms with E-state index in [4.69, 9.17) is 5.41 Å². The number of aromatic nitrogens is 2. The molecule has 37 heavy (non-hydrogen) atoms. The molecule has 1 aliphatic heterocycles. The highest BCUT2D eigenvalue weighted by Crippen LogP contribution is 2.49. The average Bonchev–Trinajstić information content (AvgIpc) is 3.52. The zero-order chi connectivity index (χ0) is 26.0. The van der Waals surface area contributed by atoms with Crippen molar-refractivity contribution in [2.24, 2.45) is 7.05 Å². The van der Waals surface area contributed by atoms with Gasteiger partial charge in [-0.3, -0.25) is 4.68 Å². The normalized spacial score (nSPS) is 18.6. The maximum atomic E-state index is 13.4. The number of hydrogen-bond acceptors (Lipinski definition) is 6. The highest BCUT2D eigenvalue weighted by molar-refractivity contribution is 7.97. The summed E-state index contributed by atoms with van der Waals surface area (Å²) in [5.41, 5.74) is 4.59. The monoisotopic (exact) mass is 515 g/mol. The topological polar surface area (TPSA) is 77.2 Å². The first kappa shape index (κ1) is 25.2. The van der Waals surface area contributed by atoms with Crippen molar-refractivity contribution >= 4 is 29.5 Å². The summed E-state index contributed by atoms with van der Waals surface area (Å²) >= 11 is 1.65. The van der Waals surface area contributed by atoms with Gasteiger partial charge in [-0.05, 0) is 78.4 Å². The summed E-state index contributed by atoms with van der Waals surface area (Å²) < 4.78 is 17.5. The molecule has 1 aliphatic rings. The maximum Gasteiger partial charge on any atom is 0.123 e. The van der Waals surface area contributed by atoms with E-state index >= 15 is 0 Å². The Bertz CT molecular complexity index is 1390. The Kier molecular flexibility index (Phi) is 7.15. The molecule has 0 aliphatic carbocycles. The second-order valence-corrected chi connectivity index (χ2v) is 10.7. The van der Waals surface area contributed by atoms with Crippen LogP contribution in [0.3, 0.4) is 0 Å². The number of aryl methyl sites for hydroxylation is 2. The van der Waals surface area contributed by atoms with E-state index in [1.165, 1.54) is 18.3 Å². The lowest BCUT2D eigenvalue weighted by molar-refractivity contribution is 0.0868. The quantitative estimate of drug-likeness (QED) is 0.198. The maximum absolute atomic E-state index is 13.4. The van der Waals surface area contributed by atoms with Gasteiger partial charge in [0.1, 0.15) is 5.82 Å². The second-order valence-electron chi connectivity index (χ2n) is 9.55. The van der Waals surface area contributed by atoms with Crippen molar-refractivity contribution in [3.05, 3.63) is 107 Å². The molecule has 8 heteroatoms. The molecule has 190 valence electrons. The van der Waals surface area contributed by atoms with Crippen LogP contribution in [0, 0.1) is 18.2 Å². The minimum Gasteiger partial charge on any atom is -0.387 e. The first-order valence-electron chi connectivity index (χ1n) is 12.2. The Labute approximate surface area is 220 Å². The van der Waals surface area contributed by atoms with Crippen LogP contribution in [0.4, 0.5) is 15.8 Å². The van der Waals surface area contributed by atoms with Gasteiger partial charge in [-0.1, -0.05) is 30.3 Å². The molecule has 0 bridgehead atoms. The Morgan fingerprint density at radius 3 is 2.59 bits per heavy atom. The Balaban J connectivity index is 1.53. The molecular formula is C29H30FN5OS. The number of aliphatic hydroxyl groups excluding tert-OH is 1. The van der Waals surface area contributed by atoms with Crippen molar-refractivity contribution < 1.29 is 9.50 Å². The second kappa shape index (κ2) is 10.5. The lowest BCUT2D eigenvalue weighted by Crippen LogP contribution is -2.37. The molecule has 1 fully saturated rings. The van der Waals surface area contributed by atoms with E-state index in [-0.39, 0.29) is 5.82 Å². The fourth-order valence-corrected chi connectivity index (χ4v) is 6.26. The van der Waals surface area contributed by atoms with Crippen LogP contribution < -0.4 is 5.32 Å². The molecule has 3 aromatic carbocycles. The van der Waals surface area contributed by atoms with Crippen LogP contribution in [-0.2, 0) is 12.5 Å². The van der Waals surface area contributed by atoms with Gasteiger partial charge in [0, 0.05) is 54.9 Å². The van der Waals surface area contributed by atoms with Gasteiger partial charge in [0.15, 0.2) is 0 Å². The van der Waals surface area contributed by atoms with E-state index in [2.05, 4.69) is 21.6 Å². The molecule has 4 aromatic rings. The number of rotatable bonds is 8. The van der Waals surface area contributed by atoms with Crippen molar-refractivity contribution in [1.29, 1.82) is 5.41 Å². The molecule has 6 nitrogen and oxygen atoms in total. The molecule has 1 aromatic heterocycles. The van der Waals surface area contributed by atoms with Crippen LogP contribution in [0.2, 0.25) is 0 Å². The summed E-state index contributed by atoms with van der Waals surface area (Å²) in [5, 5.41) is 27.6. The Hall–Kier alpha value is -3.46. The summed E-state index contributed by atoms with van der Waals surface area (Å²) in [6.45, 7) is 3.50. The number of nitrogens with one attached hydrogen (secondary N) is 2. The predicted octanol–water partition coefficient (Wildman–Crippen LogP) is 5.99. The molecule has 0 amide bonds. The van der Waals surface area contributed by atoms with E-state index in [0.717, 1.165) is 45.9 Å². The van der Waals surface area contributed by atoms with Crippen molar-refractivity contribution in [3.8, 4) is 0 Å². The zero-order valence-corrected chi connectivity index (χ0v) is 21.7. The van der Waals surface area contributed by atoms with Gasteiger partial charge in [0.05, 0.1) is 17.2 Å². The van der Waals surface area contributed by atoms with Crippen molar-refractivity contribution in [1.82, 2.24) is 14.1 Å². The first-order valence-corrected chi connectivity index (χ1v) is 13.0. The predicted molar refractivity (Wildman–Crippen MR) is 147 cm³/mol. The van der Waals surface area contributed by atoms with E-state index in [1.807, 2.05) is 61.9 Å². The molecule has 0 spiro atoms. The number of benzene rings is 3. The van der Waals surface area contributed by atoms with Crippen LogP contribution in [0.1, 0.15) is 34.8 Å². The first-order chi connectivity index (χ1) is 17.9. The van der Waals surface area contributed by atoms with Crippen molar-refractivity contribution in [2.45, 2.75) is 29.8 Å². The third-order valence-electron chi connectivity index (χ3n) is 7.03. The van der Waals surface area contributed by atoms with Gasteiger partial charge in [-0.25, -0.2) is 8.70 Å². The van der Waals surface area contributed by atoms with E-state index in [0.29, 0.717) is 12.1 Å². The molecule has 0 radical (unpaired) electrons.